The van der Waals surface area contributed by atoms with E-state index in [1.807, 2.05) is 32.2 Å². The zero-order valence-electron chi connectivity index (χ0n) is 14.8. The summed E-state index contributed by atoms with van der Waals surface area (Å²) in [4.78, 5) is 22.7. The third-order valence-corrected chi connectivity index (χ3v) is 4.27. The second-order valence-corrected chi connectivity index (χ2v) is 6.21. The predicted molar refractivity (Wildman–Crippen MR) is 96.9 cm³/mol. The molecule has 1 aliphatic carbocycles. The van der Waals surface area contributed by atoms with Crippen molar-refractivity contribution in [1.29, 1.82) is 0 Å². The van der Waals surface area contributed by atoms with Gasteiger partial charge in [-0.1, -0.05) is 18.9 Å². The van der Waals surface area contributed by atoms with Crippen LogP contribution in [-0.4, -0.2) is 54.5 Å². The first-order valence-electron chi connectivity index (χ1n) is 8.87. The van der Waals surface area contributed by atoms with Crippen molar-refractivity contribution < 1.29 is 4.79 Å². The third kappa shape index (κ3) is 6.18. The van der Waals surface area contributed by atoms with Crippen LogP contribution in [0.1, 0.15) is 38.3 Å². The van der Waals surface area contributed by atoms with Gasteiger partial charge in [-0.05, 0) is 31.9 Å². The van der Waals surface area contributed by atoms with Gasteiger partial charge in [-0.2, -0.15) is 0 Å². The van der Waals surface area contributed by atoms with Crippen LogP contribution in [0.25, 0.3) is 0 Å². The topological polar surface area (TPSA) is 69.6 Å². The number of nitrogens with one attached hydrogen (secondary N) is 2. The maximum Gasteiger partial charge on any atom is 0.244 e. The highest BCUT2D eigenvalue weighted by molar-refractivity contribution is 5.85. The summed E-state index contributed by atoms with van der Waals surface area (Å²) in [6.07, 6.45) is 7.44. The monoisotopic (exact) mass is 331 g/mol. The smallest absolute Gasteiger partial charge is 0.244 e. The van der Waals surface area contributed by atoms with E-state index in [1.54, 1.807) is 11.1 Å². The lowest BCUT2D eigenvalue weighted by Crippen LogP contribution is -2.43. The van der Waals surface area contributed by atoms with Crippen LogP contribution in [0.5, 0.6) is 0 Å². The van der Waals surface area contributed by atoms with Gasteiger partial charge in [-0.25, -0.2) is 4.99 Å². The molecule has 0 atom stereocenters. The highest BCUT2D eigenvalue weighted by Gasteiger charge is 2.16. The quantitative estimate of drug-likeness (QED) is 0.588. The zero-order chi connectivity index (χ0) is 17.2. The first-order chi connectivity index (χ1) is 11.7. The van der Waals surface area contributed by atoms with Gasteiger partial charge < -0.3 is 15.5 Å². The summed E-state index contributed by atoms with van der Waals surface area (Å²) >= 11 is 0. The van der Waals surface area contributed by atoms with Crippen molar-refractivity contribution in [3.8, 4) is 0 Å². The maximum atomic E-state index is 12.3. The molecule has 0 aromatic carbocycles. The molecule has 6 nitrogen and oxygen atoms in total. The van der Waals surface area contributed by atoms with Crippen LogP contribution in [-0.2, 0) is 11.2 Å². The highest BCUT2D eigenvalue weighted by atomic mass is 16.2. The molecular weight excluding hydrogens is 302 g/mol. The number of nitrogens with zero attached hydrogens (tertiary/aromatic N) is 3. The Labute approximate surface area is 144 Å². The van der Waals surface area contributed by atoms with Gasteiger partial charge in [0.15, 0.2) is 5.96 Å². The van der Waals surface area contributed by atoms with E-state index in [0.29, 0.717) is 12.6 Å². The molecule has 0 radical (unpaired) electrons. The van der Waals surface area contributed by atoms with E-state index >= 15 is 0 Å². The van der Waals surface area contributed by atoms with E-state index < -0.39 is 0 Å². The minimum Gasteiger partial charge on any atom is -0.357 e. The minimum atomic E-state index is 0.0227. The summed E-state index contributed by atoms with van der Waals surface area (Å²) in [5, 5.41) is 6.65. The average Bonchev–Trinajstić information content (AvgIpc) is 3.11. The SMILES string of the molecule is CCNC(=NCC(=O)N(C)CCc1ccccn1)NC1CCCC1. The fourth-order valence-electron chi connectivity index (χ4n) is 2.80. The standard InChI is InChI=1S/C18H29N5O/c1-3-19-18(22-16-9-4-5-10-16)21-14-17(24)23(2)13-11-15-8-6-7-12-20-15/h6-8,12,16H,3-5,9-11,13-14H2,1-2H3,(H2,19,21,22). The lowest BCUT2D eigenvalue weighted by Gasteiger charge is -2.18. The molecule has 0 saturated heterocycles. The number of carbonyl (C=O) groups is 1. The van der Waals surface area contributed by atoms with Gasteiger partial charge in [-0.3, -0.25) is 9.78 Å². The molecule has 24 heavy (non-hydrogen) atoms. The lowest BCUT2D eigenvalue weighted by atomic mass is 10.2. The molecule has 0 bridgehead atoms. The van der Waals surface area contributed by atoms with E-state index in [2.05, 4.69) is 20.6 Å². The first kappa shape index (κ1) is 18.2. The number of likely N-dealkylation sites (N-methyl/N-ethyl adjacent to an activating group) is 1. The average molecular weight is 331 g/mol. The van der Waals surface area contributed by atoms with Gasteiger partial charge in [0.2, 0.25) is 5.91 Å². The van der Waals surface area contributed by atoms with E-state index in [-0.39, 0.29) is 12.5 Å². The zero-order valence-corrected chi connectivity index (χ0v) is 14.8. The number of hydrogen-bond acceptors (Lipinski definition) is 3. The van der Waals surface area contributed by atoms with Crippen LogP contribution in [0.4, 0.5) is 0 Å². The molecule has 1 aromatic rings. The molecular formula is C18H29N5O. The van der Waals surface area contributed by atoms with Gasteiger partial charge in [0, 0.05) is 44.5 Å². The van der Waals surface area contributed by atoms with Crippen molar-refractivity contribution in [1.82, 2.24) is 20.5 Å². The second-order valence-electron chi connectivity index (χ2n) is 6.21. The molecule has 0 spiro atoms. The molecule has 0 unspecified atom stereocenters. The largest absolute Gasteiger partial charge is 0.357 e. The maximum absolute atomic E-state index is 12.3. The third-order valence-electron chi connectivity index (χ3n) is 4.27. The summed E-state index contributed by atoms with van der Waals surface area (Å²) in [5.74, 6) is 0.769. The first-order valence-corrected chi connectivity index (χ1v) is 8.87. The Morgan fingerprint density at radius 3 is 2.83 bits per heavy atom. The van der Waals surface area contributed by atoms with Crippen LogP contribution < -0.4 is 10.6 Å². The Morgan fingerprint density at radius 2 is 2.17 bits per heavy atom. The molecule has 0 aliphatic heterocycles. The van der Waals surface area contributed by atoms with Crippen LogP contribution in [0.15, 0.2) is 29.4 Å². The number of pyridine rings is 1. The van der Waals surface area contributed by atoms with Crippen LogP contribution in [0.3, 0.4) is 0 Å². The van der Waals surface area contributed by atoms with Crippen molar-refractivity contribution in [2.45, 2.75) is 45.1 Å². The Hall–Kier alpha value is -2.11. The molecule has 1 aliphatic rings. The number of hydrogen-bond donors (Lipinski definition) is 2. The van der Waals surface area contributed by atoms with E-state index in [0.717, 1.165) is 24.6 Å². The van der Waals surface area contributed by atoms with Gasteiger partial charge >= 0.3 is 0 Å². The van der Waals surface area contributed by atoms with E-state index in [1.165, 1.54) is 25.7 Å². The Morgan fingerprint density at radius 1 is 1.38 bits per heavy atom. The van der Waals surface area contributed by atoms with Crippen LogP contribution in [0, 0.1) is 0 Å². The summed E-state index contributed by atoms with van der Waals surface area (Å²) < 4.78 is 0. The van der Waals surface area contributed by atoms with E-state index in [9.17, 15) is 4.79 Å². The number of carbonyl (C=O) groups excluding carboxylic acids is 1. The number of aromatic nitrogens is 1. The molecule has 1 amide bonds. The van der Waals surface area contributed by atoms with Crippen LogP contribution in [0.2, 0.25) is 0 Å². The number of amides is 1. The minimum absolute atomic E-state index is 0.0227. The van der Waals surface area contributed by atoms with E-state index in [4.69, 9.17) is 0 Å². The number of rotatable bonds is 7. The highest BCUT2D eigenvalue weighted by Crippen LogP contribution is 2.17. The molecule has 132 valence electrons. The van der Waals surface area contributed by atoms with Crippen LogP contribution >= 0.6 is 0 Å². The molecule has 1 fully saturated rings. The Bertz CT molecular complexity index is 525. The molecule has 1 aromatic heterocycles. The molecule has 1 saturated carbocycles. The Balaban J connectivity index is 1.79. The van der Waals surface area contributed by atoms with Crippen molar-refractivity contribution in [2.24, 2.45) is 4.99 Å². The summed E-state index contributed by atoms with van der Waals surface area (Å²) in [5.41, 5.74) is 0.997. The van der Waals surface area contributed by atoms with Gasteiger partial charge in [0.1, 0.15) is 6.54 Å². The van der Waals surface area contributed by atoms with Crippen molar-refractivity contribution in [3.63, 3.8) is 0 Å². The molecule has 6 heteroatoms. The second kappa shape index (κ2) is 9.90. The number of guanidine groups is 1. The predicted octanol–water partition coefficient (Wildman–Crippen LogP) is 1.58. The molecule has 1 heterocycles. The molecule has 2 rings (SSSR count). The van der Waals surface area contributed by atoms with Crippen molar-refractivity contribution >= 4 is 11.9 Å². The summed E-state index contributed by atoms with van der Waals surface area (Å²) in [6, 6.07) is 6.32. The van der Waals surface area contributed by atoms with Crippen molar-refractivity contribution in [2.75, 3.05) is 26.7 Å². The van der Waals surface area contributed by atoms with Gasteiger partial charge in [-0.15, -0.1) is 0 Å². The summed E-state index contributed by atoms with van der Waals surface area (Å²) in [6.45, 7) is 3.65. The van der Waals surface area contributed by atoms with Gasteiger partial charge in [0.05, 0.1) is 0 Å². The molecule has 2 N–H and O–H groups in total. The lowest BCUT2D eigenvalue weighted by molar-refractivity contribution is -0.128. The number of aliphatic imine (C=N–C) groups is 1. The normalized spacial score (nSPS) is 15.3. The fourth-order valence-corrected chi connectivity index (χ4v) is 2.80. The summed E-state index contributed by atoms with van der Waals surface area (Å²) in [7, 11) is 1.82. The Kier molecular flexibility index (Phi) is 7.52. The fraction of sp³-hybridized carbons (Fsp3) is 0.611. The van der Waals surface area contributed by atoms with Crippen molar-refractivity contribution in [3.05, 3.63) is 30.1 Å². The van der Waals surface area contributed by atoms with Gasteiger partial charge in [0.25, 0.3) is 0 Å².